The van der Waals surface area contributed by atoms with E-state index in [4.69, 9.17) is 4.74 Å². The van der Waals surface area contributed by atoms with Crippen molar-refractivity contribution in [2.24, 2.45) is 5.92 Å². The highest BCUT2D eigenvalue weighted by atomic mass is 32.2. The van der Waals surface area contributed by atoms with E-state index < -0.39 is 0 Å². The molecule has 3 heterocycles. The summed E-state index contributed by atoms with van der Waals surface area (Å²) in [6.07, 6.45) is 2.82. The van der Waals surface area contributed by atoms with Crippen LogP contribution in [0, 0.1) is 5.92 Å². The third-order valence-electron chi connectivity index (χ3n) is 2.80. The maximum absolute atomic E-state index is 11.2. The van der Waals surface area contributed by atoms with Crippen LogP contribution in [0.3, 0.4) is 0 Å². The Morgan fingerprint density at radius 2 is 2.27 bits per heavy atom. The molecule has 0 aliphatic carbocycles. The van der Waals surface area contributed by atoms with Gasteiger partial charge in [-0.25, -0.2) is 0 Å². The SMILES string of the molecule is O=C1NS[C@H]2[C@@H]1[C@@H]1CC[C@H]2O1. The fourth-order valence-corrected chi connectivity index (χ4v) is 3.49. The van der Waals surface area contributed by atoms with Crippen LogP contribution in [0.5, 0.6) is 0 Å². The summed E-state index contributed by atoms with van der Waals surface area (Å²) in [7, 11) is 0. The standard InChI is InChI=1S/C7H9NO2S/c9-7-5-3-1-2-4(10-3)6(5)11-8-7/h3-6H,1-2H2,(H,8,9)/t3-,4+,5-,6+/m0/s1. The Kier molecular flexibility index (Phi) is 1.11. The molecule has 3 nitrogen and oxygen atoms in total. The molecule has 11 heavy (non-hydrogen) atoms. The Labute approximate surface area is 69.0 Å². The van der Waals surface area contributed by atoms with Gasteiger partial charge in [0.25, 0.3) is 0 Å². The Morgan fingerprint density at radius 1 is 1.45 bits per heavy atom. The molecule has 4 atom stereocenters. The van der Waals surface area contributed by atoms with Crippen molar-refractivity contribution in [3.05, 3.63) is 0 Å². The molecular weight excluding hydrogens is 162 g/mol. The van der Waals surface area contributed by atoms with Crippen LogP contribution in [0.2, 0.25) is 0 Å². The van der Waals surface area contributed by atoms with Gasteiger partial charge < -0.3 is 4.74 Å². The van der Waals surface area contributed by atoms with Crippen LogP contribution in [0.1, 0.15) is 12.8 Å². The zero-order valence-electron chi connectivity index (χ0n) is 5.95. The molecule has 0 aromatic heterocycles. The molecule has 0 aromatic rings. The second-order valence-electron chi connectivity index (χ2n) is 3.36. The summed E-state index contributed by atoms with van der Waals surface area (Å²) in [5, 5.41) is 0.418. The van der Waals surface area contributed by atoms with Gasteiger partial charge in [-0.05, 0) is 24.8 Å². The smallest absolute Gasteiger partial charge is 0.236 e. The van der Waals surface area contributed by atoms with Crippen LogP contribution in [0.25, 0.3) is 0 Å². The molecule has 1 amide bonds. The molecule has 0 spiro atoms. The fourth-order valence-electron chi connectivity index (χ4n) is 2.30. The Hall–Kier alpha value is -0.220. The van der Waals surface area contributed by atoms with Crippen molar-refractivity contribution in [2.75, 3.05) is 0 Å². The lowest BCUT2D eigenvalue weighted by molar-refractivity contribution is -0.123. The number of fused-ring (bicyclic) bond motifs is 5. The maximum Gasteiger partial charge on any atom is 0.236 e. The lowest BCUT2D eigenvalue weighted by atomic mass is 9.88. The van der Waals surface area contributed by atoms with Gasteiger partial charge in [-0.15, -0.1) is 0 Å². The van der Waals surface area contributed by atoms with Crippen LogP contribution in [0.15, 0.2) is 0 Å². The number of amides is 1. The molecule has 0 aromatic carbocycles. The number of carbonyl (C=O) groups excluding carboxylic acids is 1. The molecule has 0 saturated carbocycles. The Bertz CT molecular complexity index is 220. The summed E-state index contributed by atoms with van der Waals surface area (Å²) in [5.41, 5.74) is 0. The molecule has 0 radical (unpaired) electrons. The Morgan fingerprint density at radius 3 is 3.09 bits per heavy atom. The number of carbonyl (C=O) groups is 1. The first kappa shape index (κ1) is 6.31. The van der Waals surface area contributed by atoms with Crippen molar-refractivity contribution in [2.45, 2.75) is 30.3 Å². The molecule has 3 fully saturated rings. The topological polar surface area (TPSA) is 38.3 Å². The van der Waals surface area contributed by atoms with E-state index in [0.29, 0.717) is 11.4 Å². The molecule has 60 valence electrons. The summed E-state index contributed by atoms with van der Waals surface area (Å²) < 4.78 is 8.45. The second-order valence-corrected chi connectivity index (χ2v) is 4.35. The molecule has 3 saturated heterocycles. The van der Waals surface area contributed by atoms with E-state index in [1.807, 2.05) is 0 Å². The van der Waals surface area contributed by atoms with E-state index >= 15 is 0 Å². The van der Waals surface area contributed by atoms with E-state index in [-0.39, 0.29) is 17.9 Å². The molecule has 1 N–H and O–H groups in total. The second kappa shape index (κ2) is 1.93. The van der Waals surface area contributed by atoms with Gasteiger partial charge in [0.1, 0.15) is 0 Å². The average Bonchev–Trinajstić information content (AvgIpc) is 2.60. The van der Waals surface area contributed by atoms with Gasteiger partial charge >= 0.3 is 0 Å². The third kappa shape index (κ3) is 0.667. The van der Waals surface area contributed by atoms with Gasteiger partial charge in [0.15, 0.2) is 0 Å². The first-order valence-corrected chi connectivity index (χ1v) is 4.85. The first-order chi connectivity index (χ1) is 5.36. The highest BCUT2D eigenvalue weighted by Gasteiger charge is 2.56. The predicted molar refractivity (Wildman–Crippen MR) is 40.9 cm³/mol. The summed E-state index contributed by atoms with van der Waals surface area (Å²) in [6.45, 7) is 0. The summed E-state index contributed by atoms with van der Waals surface area (Å²) in [6, 6.07) is 0. The highest BCUT2D eigenvalue weighted by molar-refractivity contribution is 7.99. The van der Waals surface area contributed by atoms with Gasteiger partial charge in [-0.3, -0.25) is 9.52 Å². The summed E-state index contributed by atoms with van der Waals surface area (Å²) in [5.74, 6) is 0.353. The number of nitrogens with one attached hydrogen (secondary N) is 1. The van der Waals surface area contributed by atoms with Gasteiger partial charge in [-0.1, -0.05) is 0 Å². The zero-order chi connectivity index (χ0) is 7.42. The molecule has 0 unspecified atom stereocenters. The predicted octanol–water partition coefficient (Wildman–Crippen LogP) is 0.310. The first-order valence-electron chi connectivity index (χ1n) is 3.97. The minimum Gasteiger partial charge on any atom is -0.373 e. The van der Waals surface area contributed by atoms with Crippen LogP contribution in [0.4, 0.5) is 0 Å². The van der Waals surface area contributed by atoms with E-state index in [9.17, 15) is 4.79 Å². The zero-order valence-corrected chi connectivity index (χ0v) is 6.76. The molecular formula is C7H9NO2S. The average molecular weight is 171 g/mol. The van der Waals surface area contributed by atoms with Gasteiger partial charge in [0.05, 0.1) is 23.4 Å². The fraction of sp³-hybridized carbons (Fsp3) is 0.857. The van der Waals surface area contributed by atoms with Crippen molar-refractivity contribution in [3.63, 3.8) is 0 Å². The third-order valence-corrected chi connectivity index (χ3v) is 3.99. The van der Waals surface area contributed by atoms with Crippen molar-refractivity contribution in [1.29, 1.82) is 0 Å². The highest BCUT2D eigenvalue weighted by Crippen LogP contribution is 2.47. The molecule has 3 rings (SSSR count). The molecule has 3 aliphatic rings. The van der Waals surface area contributed by atoms with Crippen molar-refractivity contribution in [3.8, 4) is 0 Å². The number of rotatable bonds is 0. The lowest BCUT2D eigenvalue weighted by Gasteiger charge is -2.15. The molecule has 3 aliphatic heterocycles. The monoisotopic (exact) mass is 171 g/mol. The van der Waals surface area contributed by atoms with Crippen LogP contribution >= 0.6 is 11.9 Å². The van der Waals surface area contributed by atoms with Crippen LogP contribution in [-0.2, 0) is 9.53 Å². The quantitative estimate of drug-likeness (QED) is 0.533. The summed E-state index contributed by atoms with van der Waals surface area (Å²) in [4.78, 5) is 11.2. The largest absolute Gasteiger partial charge is 0.373 e. The number of hydrogen-bond donors (Lipinski definition) is 1. The normalized spacial score (nSPS) is 52.9. The van der Waals surface area contributed by atoms with E-state index in [0.717, 1.165) is 12.8 Å². The summed E-state index contributed by atoms with van der Waals surface area (Å²) >= 11 is 1.56. The molecule has 2 bridgehead atoms. The van der Waals surface area contributed by atoms with E-state index in [1.165, 1.54) is 0 Å². The van der Waals surface area contributed by atoms with Crippen molar-refractivity contribution >= 4 is 17.9 Å². The maximum atomic E-state index is 11.2. The van der Waals surface area contributed by atoms with Gasteiger partial charge in [-0.2, -0.15) is 0 Å². The van der Waals surface area contributed by atoms with Crippen molar-refractivity contribution < 1.29 is 9.53 Å². The lowest BCUT2D eigenvalue weighted by Crippen LogP contribution is -2.31. The minimum atomic E-state index is 0.166. The van der Waals surface area contributed by atoms with Crippen molar-refractivity contribution in [1.82, 2.24) is 4.72 Å². The Balaban J connectivity index is 1.97. The molecule has 4 heteroatoms. The van der Waals surface area contributed by atoms with Crippen LogP contribution in [-0.4, -0.2) is 23.4 Å². The van der Waals surface area contributed by atoms with E-state index in [2.05, 4.69) is 4.72 Å². The van der Waals surface area contributed by atoms with Gasteiger partial charge in [0.2, 0.25) is 5.91 Å². The van der Waals surface area contributed by atoms with Crippen LogP contribution < -0.4 is 4.72 Å². The number of hydrogen-bond acceptors (Lipinski definition) is 3. The van der Waals surface area contributed by atoms with E-state index in [1.54, 1.807) is 11.9 Å². The number of ether oxygens (including phenoxy) is 1. The van der Waals surface area contributed by atoms with Gasteiger partial charge in [0, 0.05) is 0 Å². The minimum absolute atomic E-state index is 0.166.